The molecule has 0 aliphatic rings. The van der Waals surface area contributed by atoms with E-state index in [0.717, 1.165) is 10.9 Å². The maximum Gasteiger partial charge on any atom is 0.262 e. The minimum atomic E-state index is -0.140. The first-order valence-electron chi connectivity index (χ1n) is 8.87. The predicted octanol–water partition coefficient (Wildman–Crippen LogP) is 3.87. The monoisotopic (exact) mass is 456 g/mol. The Morgan fingerprint density at radius 3 is 2.75 bits per heavy atom. The summed E-state index contributed by atoms with van der Waals surface area (Å²) < 4.78 is 4.02. The molecule has 0 aliphatic heterocycles. The van der Waals surface area contributed by atoms with Crippen molar-refractivity contribution in [3.05, 3.63) is 79.5 Å². The Hall–Kier alpha value is -2.45. The number of hydrogen-bond acceptors (Lipinski definition) is 5. The molecule has 142 valence electrons. The zero-order valence-corrected chi connectivity index (χ0v) is 17.5. The predicted molar refractivity (Wildman–Crippen MR) is 115 cm³/mol. The molecule has 8 heteroatoms. The van der Waals surface area contributed by atoms with Gasteiger partial charge in [-0.05, 0) is 46.6 Å². The van der Waals surface area contributed by atoms with Gasteiger partial charge in [0.25, 0.3) is 11.1 Å². The van der Waals surface area contributed by atoms with Crippen molar-refractivity contribution in [2.24, 2.45) is 0 Å². The van der Waals surface area contributed by atoms with E-state index in [1.54, 1.807) is 22.9 Å². The lowest BCUT2D eigenvalue weighted by molar-refractivity contribution is 0.584. The van der Waals surface area contributed by atoms with Crippen LogP contribution in [0, 0.1) is 0 Å². The summed E-state index contributed by atoms with van der Waals surface area (Å²) in [5.74, 6) is 0.455. The average Bonchev–Trinajstić information content (AvgIpc) is 2.69. The number of nitrogens with zero attached hydrogens (tertiary/aromatic N) is 4. The van der Waals surface area contributed by atoms with Gasteiger partial charge in [-0.1, -0.05) is 30.8 Å². The molecule has 0 spiro atoms. The van der Waals surface area contributed by atoms with Gasteiger partial charge in [0, 0.05) is 29.0 Å². The van der Waals surface area contributed by atoms with Gasteiger partial charge in [-0.2, -0.15) is 0 Å². The summed E-state index contributed by atoms with van der Waals surface area (Å²) in [5.41, 5.74) is 1.75. The number of fused-ring (bicyclic) bond motifs is 2. The standard InChI is InChI=1S/C20H17BrN4O2S/c1-2-9-24-19(27)15-5-3-4-6-16(15)23-20(24)28-12-14-10-18(26)25-11-13(21)7-8-17(25)22-14/h3-8,10-11H,2,9,12H2,1H3. The molecule has 6 nitrogen and oxygen atoms in total. The minimum absolute atomic E-state index is 0.0358. The fourth-order valence-corrected chi connectivity index (χ4v) is 4.27. The zero-order valence-electron chi connectivity index (χ0n) is 15.1. The van der Waals surface area contributed by atoms with Gasteiger partial charge in [0.15, 0.2) is 5.16 Å². The van der Waals surface area contributed by atoms with Crippen molar-refractivity contribution < 1.29 is 0 Å². The van der Waals surface area contributed by atoms with E-state index in [1.807, 2.05) is 31.2 Å². The molecule has 0 bridgehead atoms. The SMILES string of the molecule is CCCn1c(SCc2cc(=O)n3cc(Br)ccc3n2)nc2ccccc2c1=O. The minimum Gasteiger partial charge on any atom is -0.287 e. The van der Waals surface area contributed by atoms with Crippen molar-refractivity contribution >= 4 is 44.2 Å². The number of thioether (sulfide) groups is 1. The molecule has 4 aromatic rings. The van der Waals surface area contributed by atoms with Crippen molar-refractivity contribution in [2.45, 2.75) is 30.8 Å². The van der Waals surface area contributed by atoms with Crippen molar-refractivity contribution in [1.82, 2.24) is 18.9 Å². The quantitative estimate of drug-likeness (QED) is 0.336. The summed E-state index contributed by atoms with van der Waals surface area (Å²) in [6, 6.07) is 12.5. The van der Waals surface area contributed by atoms with Gasteiger partial charge in [0.05, 0.1) is 16.6 Å². The molecule has 4 rings (SSSR count). The van der Waals surface area contributed by atoms with Gasteiger partial charge in [-0.3, -0.25) is 18.6 Å². The van der Waals surface area contributed by atoms with Crippen LogP contribution in [-0.2, 0) is 12.3 Å². The fourth-order valence-electron chi connectivity index (χ4n) is 3.02. The van der Waals surface area contributed by atoms with E-state index in [0.29, 0.717) is 39.7 Å². The van der Waals surface area contributed by atoms with E-state index in [4.69, 9.17) is 0 Å². The number of halogens is 1. The molecule has 3 aromatic heterocycles. The molecular weight excluding hydrogens is 440 g/mol. The summed E-state index contributed by atoms with van der Waals surface area (Å²) in [6.07, 6.45) is 2.53. The molecule has 0 N–H and O–H groups in total. The number of para-hydroxylation sites is 1. The average molecular weight is 457 g/mol. The molecule has 0 aliphatic carbocycles. The molecular formula is C20H17BrN4O2S. The third-order valence-corrected chi connectivity index (χ3v) is 5.78. The topological polar surface area (TPSA) is 69.3 Å². The Morgan fingerprint density at radius 2 is 1.93 bits per heavy atom. The van der Waals surface area contributed by atoms with Crippen molar-refractivity contribution in [2.75, 3.05) is 0 Å². The van der Waals surface area contributed by atoms with Gasteiger partial charge >= 0.3 is 0 Å². The zero-order chi connectivity index (χ0) is 19.7. The summed E-state index contributed by atoms with van der Waals surface area (Å²) in [7, 11) is 0. The van der Waals surface area contributed by atoms with Crippen molar-refractivity contribution in [3.8, 4) is 0 Å². The Balaban J connectivity index is 1.71. The number of hydrogen-bond donors (Lipinski definition) is 0. The smallest absolute Gasteiger partial charge is 0.262 e. The number of pyridine rings is 1. The Labute approximate surface area is 173 Å². The second kappa shape index (κ2) is 7.89. The van der Waals surface area contributed by atoms with Crippen LogP contribution in [0.2, 0.25) is 0 Å². The maximum absolute atomic E-state index is 12.8. The molecule has 0 fully saturated rings. The Bertz CT molecular complexity index is 1300. The molecule has 0 saturated carbocycles. The summed E-state index contributed by atoms with van der Waals surface area (Å²) in [4.78, 5) is 34.5. The van der Waals surface area contributed by atoms with E-state index in [1.165, 1.54) is 22.2 Å². The van der Waals surface area contributed by atoms with Crippen LogP contribution >= 0.6 is 27.7 Å². The number of rotatable bonds is 5. The lowest BCUT2D eigenvalue weighted by Gasteiger charge is -2.12. The highest BCUT2D eigenvalue weighted by molar-refractivity contribution is 9.10. The molecule has 3 heterocycles. The van der Waals surface area contributed by atoms with Crippen molar-refractivity contribution in [3.63, 3.8) is 0 Å². The first-order valence-corrected chi connectivity index (χ1v) is 10.6. The van der Waals surface area contributed by atoms with E-state index in [2.05, 4.69) is 25.9 Å². The van der Waals surface area contributed by atoms with Crippen LogP contribution < -0.4 is 11.1 Å². The van der Waals surface area contributed by atoms with E-state index < -0.39 is 0 Å². The number of aromatic nitrogens is 4. The maximum atomic E-state index is 12.8. The number of benzene rings is 1. The van der Waals surface area contributed by atoms with Crippen LogP contribution in [-0.4, -0.2) is 18.9 Å². The third kappa shape index (κ3) is 3.62. The van der Waals surface area contributed by atoms with Crippen LogP contribution in [0.5, 0.6) is 0 Å². The van der Waals surface area contributed by atoms with Gasteiger partial charge in [0.2, 0.25) is 0 Å². The molecule has 28 heavy (non-hydrogen) atoms. The highest BCUT2D eigenvalue weighted by Gasteiger charge is 2.12. The molecule has 0 atom stereocenters. The third-order valence-electron chi connectivity index (χ3n) is 4.30. The molecule has 0 unspecified atom stereocenters. The summed E-state index contributed by atoms with van der Waals surface area (Å²) in [5, 5.41) is 1.26. The molecule has 0 radical (unpaired) electrons. The summed E-state index contributed by atoms with van der Waals surface area (Å²) >= 11 is 4.78. The largest absolute Gasteiger partial charge is 0.287 e. The van der Waals surface area contributed by atoms with Gasteiger partial charge in [-0.25, -0.2) is 9.97 Å². The van der Waals surface area contributed by atoms with Crippen LogP contribution in [0.1, 0.15) is 19.0 Å². The summed E-state index contributed by atoms with van der Waals surface area (Å²) in [6.45, 7) is 2.63. The molecule has 0 saturated heterocycles. The Morgan fingerprint density at radius 1 is 1.11 bits per heavy atom. The normalized spacial score (nSPS) is 11.4. The first kappa shape index (κ1) is 18.9. The highest BCUT2D eigenvalue weighted by atomic mass is 79.9. The molecule has 0 amide bonds. The lowest BCUT2D eigenvalue weighted by Crippen LogP contribution is -2.23. The van der Waals surface area contributed by atoms with Gasteiger partial charge < -0.3 is 0 Å². The molecule has 1 aromatic carbocycles. The highest BCUT2D eigenvalue weighted by Crippen LogP contribution is 2.22. The Kier molecular flexibility index (Phi) is 5.32. The van der Waals surface area contributed by atoms with Gasteiger partial charge in [-0.15, -0.1) is 0 Å². The van der Waals surface area contributed by atoms with Crippen LogP contribution in [0.4, 0.5) is 0 Å². The van der Waals surface area contributed by atoms with Crippen molar-refractivity contribution in [1.29, 1.82) is 0 Å². The fraction of sp³-hybridized carbons (Fsp3) is 0.200. The van der Waals surface area contributed by atoms with E-state index in [-0.39, 0.29) is 11.1 Å². The van der Waals surface area contributed by atoms with E-state index in [9.17, 15) is 9.59 Å². The van der Waals surface area contributed by atoms with E-state index >= 15 is 0 Å². The van der Waals surface area contributed by atoms with Crippen LogP contribution in [0.15, 0.2) is 67.9 Å². The lowest BCUT2D eigenvalue weighted by atomic mass is 10.2. The second-order valence-electron chi connectivity index (χ2n) is 6.32. The van der Waals surface area contributed by atoms with Crippen LogP contribution in [0.3, 0.4) is 0 Å². The van der Waals surface area contributed by atoms with Crippen LogP contribution in [0.25, 0.3) is 16.6 Å². The second-order valence-corrected chi connectivity index (χ2v) is 8.18. The van der Waals surface area contributed by atoms with Gasteiger partial charge in [0.1, 0.15) is 5.65 Å². The first-order chi connectivity index (χ1) is 13.6.